The smallest absolute Gasteiger partial charge is 0.336 e. The topological polar surface area (TPSA) is 74.6 Å². The Kier molecular flexibility index (Phi) is 2.55. The minimum atomic E-state index is -1.12. The number of rotatable bonds is 2. The summed E-state index contributed by atoms with van der Waals surface area (Å²) in [5, 5.41) is 18.1. The fourth-order valence-corrected chi connectivity index (χ4v) is 1.79. The Balaban J connectivity index is 2.81. The van der Waals surface area contributed by atoms with Crippen molar-refractivity contribution in [1.29, 1.82) is 0 Å². The maximum absolute atomic E-state index is 11.0. The summed E-state index contributed by atoms with van der Waals surface area (Å²) in [7, 11) is 0. The van der Waals surface area contributed by atoms with E-state index in [-0.39, 0.29) is 11.1 Å². The molecule has 0 aromatic carbocycles. The van der Waals surface area contributed by atoms with Crippen molar-refractivity contribution in [3.63, 3.8) is 0 Å². The Morgan fingerprint density at radius 1 is 0.882 bits per heavy atom. The molecule has 0 fully saturated rings. The van der Waals surface area contributed by atoms with Gasteiger partial charge in [0.1, 0.15) is 0 Å². The molecule has 0 aromatic heterocycles. The first kappa shape index (κ1) is 11.1. The van der Waals surface area contributed by atoms with Gasteiger partial charge in [-0.2, -0.15) is 0 Å². The highest BCUT2D eigenvalue weighted by atomic mass is 16.4. The van der Waals surface area contributed by atoms with E-state index in [9.17, 15) is 9.59 Å². The zero-order valence-electron chi connectivity index (χ0n) is 9.10. The van der Waals surface area contributed by atoms with E-state index >= 15 is 0 Å². The zero-order valence-corrected chi connectivity index (χ0v) is 9.10. The minimum Gasteiger partial charge on any atom is -0.478 e. The second kappa shape index (κ2) is 3.90. The number of hydrogen-bond donors (Lipinski definition) is 2. The van der Waals surface area contributed by atoms with E-state index in [1.54, 1.807) is 24.3 Å². The van der Waals surface area contributed by atoms with Crippen LogP contribution < -0.4 is 0 Å². The summed E-state index contributed by atoms with van der Waals surface area (Å²) in [6.45, 7) is 1.86. The highest BCUT2D eigenvalue weighted by Gasteiger charge is 2.22. The third kappa shape index (κ3) is 1.85. The van der Waals surface area contributed by atoms with E-state index in [0.717, 1.165) is 5.56 Å². The van der Waals surface area contributed by atoms with Gasteiger partial charge in [0.05, 0.1) is 11.1 Å². The molecule has 0 saturated heterocycles. The highest BCUT2D eigenvalue weighted by molar-refractivity contribution is 6.06. The van der Waals surface area contributed by atoms with Gasteiger partial charge in [-0.25, -0.2) is 9.59 Å². The average Bonchev–Trinajstić information content (AvgIpc) is 2.52. The standard InChI is InChI=1S/C13H10O4/c1-7-2-4-8-9(5-3-7)11(13(16)17)6-10(8)12(14)15/h2-6H,1H3,(H,14,15)(H,16,17). The van der Waals surface area contributed by atoms with Crippen molar-refractivity contribution in [2.45, 2.75) is 6.92 Å². The fraction of sp³-hybridized carbons (Fsp3) is 0.0769. The van der Waals surface area contributed by atoms with Gasteiger partial charge in [-0.1, -0.05) is 29.8 Å². The number of carboxylic acids is 2. The van der Waals surface area contributed by atoms with E-state index in [1.165, 1.54) is 6.07 Å². The van der Waals surface area contributed by atoms with E-state index < -0.39 is 11.9 Å². The lowest BCUT2D eigenvalue weighted by atomic mass is 10.1. The number of hydrogen-bond acceptors (Lipinski definition) is 2. The molecule has 4 heteroatoms. The molecule has 17 heavy (non-hydrogen) atoms. The zero-order chi connectivity index (χ0) is 12.6. The Bertz CT molecular complexity index is 538. The van der Waals surface area contributed by atoms with Gasteiger partial charge in [-0.3, -0.25) is 0 Å². The number of aryl methyl sites for hydroxylation is 1. The van der Waals surface area contributed by atoms with Crippen LogP contribution in [0.4, 0.5) is 0 Å². The van der Waals surface area contributed by atoms with Gasteiger partial charge < -0.3 is 10.2 Å². The predicted octanol–water partition coefficient (Wildman–Crippen LogP) is 2.50. The lowest BCUT2D eigenvalue weighted by Gasteiger charge is -1.96. The molecule has 4 nitrogen and oxygen atoms in total. The monoisotopic (exact) mass is 230 g/mol. The minimum absolute atomic E-state index is 0.0213. The van der Waals surface area contributed by atoms with Crippen LogP contribution in [0.25, 0.3) is 11.1 Å². The maximum Gasteiger partial charge on any atom is 0.336 e. The van der Waals surface area contributed by atoms with Crippen molar-refractivity contribution in [2.75, 3.05) is 0 Å². The Morgan fingerprint density at radius 2 is 1.29 bits per heavy atom. The molecule has 86 valence electrons. The number of carboxylic acid groups (broad SMARTS) is 2. The third-order valence-electron chi connectivity index (χ3n) is 2.65. The molecule has 2 aliphatic rings. The van der Waals surface area contributed by atoms with Gasteiger partial charge in [0.2, 0.25) is 0 Å². The lowest BCUT2D eigenvalue weighted by Crippen LogP contribution is -1.95. The Labute approximate surface area is 97.5 Å². The van der Waals surface area contributed by atoms with Crippen molar-refractivity contribution in [3.8, 4) is 11.1 Å². The van der Waals surface area contributed by atoms with E-state index in [0.29, 0.717) is 11.1 Å². The SMILES string of the molecule is Cc1ccc2c(C(=O)O)cc(C(=O)O)c-2cc1. The number of fused-ring (bicyclic) bond motifs is 1. The van der Waals surface area contributed by atoms with Crippen molar-refractivity contribution in [1.82, 2.24) is 0 Å². The van der Waals surface area contributed by atoms with Crippen LogP contribution in [-0.4, -0.2) is 22.2 Å². The molecule has 2 aliphatic carbocycles. The summed E-state index contributed by atoms with van der Waals surface area (Å²) in [6.07, 6.45) is 0. The molecule has 2 rings (SSSR count). The Hall–Kier alpha value is -2.36. The van der Waals surface area contributed by atoms with Crippen LogP contribution in [0.15, 0.2) is 30.3 Å². The summed E-state index contributed by atoms with van der Waals surface area (Å²) in [5.41, 5.74) is 1.88. The second-order valence-corrected chi connectivity index (χ2v) is 3.82. The van der Waals surface area contributed by atoms with Crippen molar-refractivity contribution in [3.05, 3.63) is 47.0 Å². The van der Waals surface area contributed by atoms with Crippen LogP contribution >= 0.6 is 0 Å². The first-order valence-corrected chi connectivity index (χ1v) is 5.00. The molecule has 0 unspecified atom stereocenters. The second-order valence-electron chi connectivity index (χ2n) is 3.82. The van der Waals surface area contributed by atoms with Gasteiger partial charge in [0.15, 0.2) is 0 Å². The van der Waals surface area contributed by atoms with Crippen LogP contribution in [0.5, 0.6) is 0 Å². The molecule has 0 radical (unpaired) electrons. The van der Waals surface area contributed by atoms with E-state index in [4.69, 9.17) is 10.2 Å². The van der Waals surface area contributed by atoms with Crippen molar-refractivity contribution in [2.24, 2.45) is 0 Å². The summed E-state index contributed by atoms with van der Waals surface area (Å²) in [4.78, 5) is 22.1. The first-order valence-electron chi connectivity index (χ1n) is 5.00. The van der Waals surface area contributed by atoms with E-state index in [1.807, 2.05) is 6.92 Å². The number of carbonyl (C=O) groups is 2. The molecule has 2 N–H and O–H groups in total. The van der Waals surface area contributed by atoms with Crippen molar-refractivity contribution >= 4 is 11.9 Å². The molecule has 0 amide bonds. The Morgan fingerprint density at radius 3 is 1.65 bits per heavy atom. The third-order valence-corrected chi connectivity index (χ3v) is 2.65. The van der Waals surface area contributed by atoms with Gasteiger partial charge in [-0.05, 0) is 24.1 Å². The number of aromatic carboxylic acids is 2. The molecule has 0 aromatic rings. The summed E-state index contributed by atoms with van der Waals surface area (Å²) < 4.78 is 0. The molecular weight excluding hydrogens is 220 g/mol. The lowest BCUT2D eigenvalue weighted by molar-refractivity contribution is 0.0694. The van der Waals surface area contributed by atoms with Crippen LogP contribution in [0.2, 0.25) is 0 Å². The fourth-order valence-electron chi connectivity index (χ4n) is 1.79. The highest BCUT2D eigenvalue weighted by Crippen LogP contribution is 2.32. The molecule has 0 atom stereocenters. The predicted molar refractivity (Wildman–Crippen MR) is 61.7 cm³/mol. The summed E-state index contributed by atoms with van der Waals surface area (Å²) in [6, 6.07) is 8.01. The van der Waals surface area contributed by atoms with Crippen LogP contribution in [0.3, 0.4) is 0 Å². The molecule has 0 aliphatic heterocycles. The van der Waals surface area contributed by atoms with Gasteiger partial charge >= 0.3 is 11.9 Å². The summed E-state index contributed by atoms with van der Waals surface area (Å²) in [5.74, 6) is -2.24. The largest absolute Gasteiger partial charge is 0.478 e. The van der Waals surface area contributed by atoms with Gasteiger partial charge in [0.25, 0.3) is 0 Å². The molecule has 0 bridgehead atoms. The maximum atomic E-state index is 11.0. The van der Waals surface area contributed by atoms with Crippen LogP contribution in [0, 0.1) is 6.92 Å². The van der Waals surface area contributed by atoms with Crippen molar-refractivity contribution < 1.29 is 19.8 Å². The quantitative estimate of drug-likeness (QED) is 0.831. The van der Waals surface area contributed by atoms with Crippen LogP contribution in [0.1, 0.15) is 26.3 Å². The molecule has 0 heterocycles. The molecule has 0 saturated carbocycles. The molecular formula is C13H10O4. The normalized spacial score (nSPS) is 10.4. The molecule has 0 spiro atoms. The van der Waals surface area contributed by atoms with Crippen LogP contribution in [-0.2, 0) is 0 Å². The van der Waals surface area contributed by atoms with Gasteiger partial charge in [0, 0.05) is 0 Å². The average molecular weight is 230 g/mol. The summed E-state index contributed by atoms with van der Waals surface area (Å²) >= 11 is 0. The first-order chi connectivity index (χ1) is 8.00. The van der Waals surface area contributed by atoms with Gasteiger partial charge in [-0.15, -0.1) is 0 Å². The van der Waals surface area contributed by atoms with E-state index in [2.05, 4.69) is 0 Å².